The molecule has 1 heterocycles. The molecule has 3 aromatic rings. The maximum Gasteiger partial charge on any atom is 0.184 e. The quantitative estimate of drug-likeness (QED) is 0.493. The van der Waals surface area contributed by atoms with Gasteiger partial charge in [0.15, 0.2) is 17.7 Å². The fourth-order valence-corrected chi connectivity index (χ4v) is 4.70. The Balaban J connectivity index is 1.58. The van der Waals surface area contributed by atoms with Crippen LogP contribution in [0, 0.1) is 5.92 Å². The number of hydrogen-bond donors (Lipinski definition) is 0. The Bertz CT molecular complexity index is 1030. The van der Waals surface area contributed by atoms with Crippen molar-refractivity contribution in [3.63, 3.8) is 0 Å². The van der Waals surface area contributed by atoms with Crippen molar-refractivity contribution >= 4 is 11.6 Å². The molecular weight excluding hydrogens is 348 g/mol. The van der Waals surface area contributed by atoms with E-state index in [0.717, 1.165) is 16.9 Å². The Labute approximate surface area is 164 Å². The highest BCUT2D eigenvalue weighted by atomic mass is 16.5. The van der Waals surface area contributed by atoms with Crippen LogP contribution in [-0.4, -0.2) is 17.7 Å². The second-order valence-electron chi connectivity index (χ2n) is 7.54. The molecule has 0 bridgehead atoms. The van der Waals surface area contributed by atoms with Gasteiger partial charge in [0, 0.05) is 17.0 Å². The molecule has 0 amide bonds. The Kier molecular flexibility index (Phi) is 4.09. The molecule has 3 nitrogen and oxygen atoms in total. The summed E-state index contributed by atoms with van der Waals surface area (Å²) < 4.78 is 6.09. The Morgan fingerprint density at radius 3 is 2.21 bits per heavy atom. The van der Waals surface area contributed by atoms with E-state index in [1.165, 1.54) is 0 Å². The second kappa shape index (κ2) is 6.75. The van der Waals surface area contributed by atoms with E-state index < -0.39 is 12.0 Å². The average molecular weight is 368 g/mol. The summed E-state index contributed by atoms with van der Waals surface area (Å²) in [6, 6.07) is 27.1. The standard InChI is InChI=1S/C25H20O3/c26-23(17-11-5-2-6-12-17)20-15-19(16-9-3-1-4-10-16)22-18-13-7-8-14-21(18)28-25(22)24(20)27/h1-14,19-20,22,25H,15H2. The Morgan fingerprint density at radius 1 is 0.821 bits per heavy atom. The van der Waals surface area contributed by atoms with Crippen molar-refractivity contribution in [1.29, 1.82) is 0 Å². The summed E-state index contributed by atoms with van der Waals surface area (Å²) in [4.78, 5) is 26.5. The molecule has 0 N–H and O–H groups in total. The molecule has 138 valence electrons. The van der Waals surface area contributed by atoms with E-state index in [-0.39, 0.29) is 23.4 Å². The third-order valence-electron chi connectivity index (χ3n) is 6.01. The highest BCUT2D eigenvalue weighted by Gasteiger charge is 2.52. The summed E-state index contributed by atoms with van der Waals surface area (Å²) in [5.74, 6) is -0.106. The summed E-state index contributed by atoms with van der Waals surface area (Å²) in [5.41, 5.74) is 2.80. The predicted octanol–water partition coefficient (Wildman–Crippen LogP) is 4.79. The van der Waals surface area contributed by atoms with Crippen LogP contribution in [0.1, 0.15) is 39.7 Å². The summed E-state index contributed by atoms with van der Waals surface area (Å²) >= 11 is 0. The number of carbonyl (C=O) groups is 2. The van der Waals surface area contributed by atoms with Gasteiger partial charge in [-0.15, -0.1) is 0 Å². The van der Waals surface area contributed by atoms with Gasteiger partial charge in [-0.3, -0.25) is 9.59 Å². The molecule has 1 fully saturated rings. The summed E-state index contributed by atoms with van der Waals surface area (Å²) in [7, 11) is 0. The predicted molar refractivity (Wildman–Crippen MR) is 107 cm³/mol. The van der Waals surface area contributed by atoms with Crippen molar-refractivity contribution < 1.29 is 14.3 Å². The van der Waals surface area contributed by atoms with Crippen molar-refractivity contribution in [3.8, 4) is 5.75 Å². The third kappa shape index (κ3) is 2.66. The van der Waals surface area contributed by atoms with Gasteiger partial charge in [0.2, 0.25) is 0 Å². The highest BCUT2D eigenvalue weighted by molar-refractivity contribution is 6.13. The van der Waals surface area contributed by atoms with Gasteiger partial charge in [0.25, 0.3) is 0 Å². The molecule has 3 heteroatoms. The van der Waals surface area contributed by atoms with E-state index in [1.807, 2.05) is 60.7 Å². The molecule has 28 heavy (non-hydrogen) atoms. The minimum absolute atomic E-state index is 0.0501. The van der Waals surface area contributed by atoms with Crippen LogP contribution in [0.3, 0.4) is 0 Å². The number of fused-ring (bicyclic) bond motifs is 3. The van der Waals surface area contributed by atoms with E-state index in [0.29, 0.717) is 12.0 Å². The number of hydrogen-bond acceptors (Lipinski definition) is 3. The van der Waals surface area contributed by atoms with Gasteiger partial charge in [-0.1, -0.05) is 78.9 Å². The fraction of sp³-hybridized carbons (Fsp3) is 0.200. The van der Waals surface area contributed by atoms with E-state index in [9.17, 15) is 9.59 Å². The van der Waals surface area contributed by atoms with E-state index in [4.69, 9.17) is 4.74 Å². The number of benzene rings is 3. The largest absolute Gasteiger partial charge is 0.482 e. The number of rotatable bonds is 3. The zero-order valence-corrected chi connectivity index (χ0v) is 15.3. The van der Waals surface area contributed by atoms with Crippen molar-refractivity contribution in [2.75, 3.05) is 0 Å². The minimum atomic E-state index is -0.678. The number of para-hydroxylation sites is 1. The zero-order valence-electron chi connectivity index (χ0n) is 15.3. The first kappa shape index (κ1) is 16.9. The normalized spacial score (nSPS) is 25.5. The van der Waals surface area contributed by atoms with Crippen LogP contribution in [0.5, 0.6) is 5.75 Å². The third-order valence-corrected chi connectivity index (χ3v) is 6.01. The molecule has 0 radical (unpaired) electrons. The van der Waals surface area contributed by atoms with Crippen LogP contribution >= 0.6 is 0 Å². The average Bonchev–Trinajstić information content (AvgIpc) is 3.15. The molecule has 1 aliphatic heterocycles. The van der Waals surface area contributed by atoms with Crippen LogP contribution < -0.4 is 4.74 Å². The van der Waals surface area contributed by atoms with Crippen LogP contribution in [0.25, 0.3) is 0 Å². The fourth-order valence-electron chi connectivity index (χ4n) is 4.70. The van der Waals surface area contributed by atoms with Crippen LogP contribution in [0.2, 0.25) is 0 Å². The molecule has 5 rings (SSSR count). The van der Waals surface area contributed by atoms with Gasteiger partial charge in [0.1, 0.15) is 5.75 Å². The molecule has 4 atom stereocenters. The van der Waals surface area contributed by atoms with Crippen molar-refractivity contribution in [2.45, 2.75) is 24.4 Å². The number of carbonyl (C=O) groups excluding carboxylic acids is 2. The topological polar surface area (TPSA) is 43.4 Å². The Morgan fingerprint density at radius 2 is 1.46 bits per heavy atom. The molecule has 2 aliphatic rings. The number of ketones is 2. The molecule has 1 aliphatic carbocycles. The molecule has 3 aromatic carbocycles. The molecule has 0 spiro atoms. The smallest absolute Gasteiger partial charge is 0.184 e. The van der Waals surface area contributed by atoms with E-state index in [2.05, 4.69) is 12.1 Å². The van der Waals surface area contributed by atoms with Gasteiger partial charge in [-0.05, 0) is 24.0 Å². The van der Waals surface area contributed by atoms with E-state index >= 15 is 0 Å². The maximum absolute atomic E-state index is 13.3. The molecular formula is C25H20O3. The van der Waals surface area contributed by atoms with Crippen molar-refractivity contribution in [3.05, 3.63) is 102 Å². The molecule has 0 aromatic heterocycles. The van der Waals surface area contributed by atoms with Crippen LogP contribution in [0.15, 0.2) is 84.9 Å². The maximum atomic E-state index is 13.3. The minimum Gasteiger partial charge on any atom is -0.482 e. The van der Waals surface area contributed by atoms with Gasteiger partial charge >= 0.3 is 0 Å². The monoisotopic (exact) mass is 368 g/mol. The van der Waals surface area contributed by atoms with Crippen LogP contribution in [0.4, 0.5) is 0 Å². The first-order chi connectivity index (χ1) is 13.7. The van der Waals surface area contributed by atoms with Gasteiger partial charge in [-0.2, -0.15) is 0 Å². The lowest BCUT2D eigenvalue weighted by atomic mass is 9.66. The zero-order chi connectivity index (χ0) is 19.1. The lowest BCUT2D eigenvalue weighted by molar-refractivity contribution is -0.131. The van der Waals surface area contributed by atoms with Crippen molar-refractivity contribution in [1.82, 2.24) is 0 Å². The van der Waals surface area contributed by atoms with Gasteiger partial charge < -0.3 is 4.74 Å². The molecule has 4 unspecified atom stereocenters. The highest BCUT2D eigenvalue weighted by Crippen LogP contribution is 2.52. The lowest BCUT2D eigenvalue weighted by Gasteiger charge is -2.36. The Hall–Kier alpha value is -3.20. The SMILES string of the molecule is O=C(c1ccccc1)C1CC(c2ccccc2)C2c3ccccc3OC2C1=O. The summed E-state index contributed by atoms with van der Waals surface area (Å²) in [6.07, 6.45) is -0.0934. The number of Topliss-reactive ketones (excluding diaryl/α,β-unsaturated/α-hetero) is 2. The lowest BCUT2D eigenvalue weighted by Crippen LogP contribution is -2.45. The molecule has 0 saturated heterocycles. The van der Waals surface area contributed by atoms with Gasteiger partial charge in [-0.25, -0.2) is 0 Å². The second-order valence-corrected chi connectivity index (χ2v) is 7.54. The summed E-state index contributed by atoms with van der Waals surface area (Å²) in [5, 5.41) is 0. The first-order valence-corrected chi connectivity index (χ1v) is 9.67. The number of ether oxygens (including phenoxy) is 1. The first-order valence-electron chi connectivity index (χ1n) is 9.67. The van der Waals surface area contributed by atoms with Gasteiger partial charge in [0.05, 0.1) is 5.92 Å². The molecule has 1 saturated carbocycles. The van der Waals surface area contributed by atoms with Crippen LogP contribution in [-0.2, 0) is 4.79 Å². The van der Waals surface area contributed by atoms with Crippen molar-refractivity contribution in [2.24, 2.45) is 5.92 Å². The summed E-state index contributed by atoms with van der Waals surface area (Å²) in [6.45, 7) is 0. The van der Waals surface area contributed by atoms with E-state index in [1.54, 1.807) is 12.1 Å².